The lowest BCUT2D eigenvalue weighted by atomic mass is 10.1. The molecule has 146 valence electrons. The fraction of sp³-hybridized carbons (Fsp3) is 0.333. The summed E-state index contributed by atoms with van der Waals surface area (Å²) in [5, 5.41) is 6.11. The third-order valence-electron chi connectivity index (χ3n) is 4.61. The van der Waals surface area contributed by atoms with Crippen LogP contribution in [-0.4, -0.2) is 37.7 Å². The Balaban J connectivity index is 1.72. The van der Waals surface area contributed by atoms with E-state index in [9.17, 15) is 22.4 Å². The summed E-state index contributed by atoms with van der Waals surface area (Å²) in [6.45, 7) is 1.69. The molecule has 6 nitrogen and oxygen atoms in total. The largest absolute Gasteiger partial charge is 0.408 e. The van der Waals surface area contributed by atoms with Crippen molar-refractivity contribution in [3.63, 3.8) is 0 Å². The zero-order valence-corrected chi connectivity index (χ0v) is 14.7. The molecule has 1 atom stereocenters. The van der Waals surface area contributed by atoms with E-state index in [2.05, 4.69) is 20.4 Å². The van der Waals surface area contributed by atoms with E-state index < -0.39 is 29.9 Å². The smallest absolute Gasteiger partial charge is 0.340 e. The van der Waals surface area contributed by atoms with Crippen molar-refractivity contribution >= 4 is 11.6 Å². The van der Waals surface area contributed by atoms with Gasteiger partial charge in [0.15, 0.2) is 5.65 Å². The van der Waals surface area contributed by atoms with E-state index in [1.54, 1.807) is 13.0 Å². The maximum atomic E-state index is 13.5. The number of fused-ring (bicyclic) bond motifs is 1. The van der Waals surface area contributed by atoms with Crippen molar-refractivity contribution in [2.75, 3.05) is 0 Å². The number of pyridine rings is 1. The molecule has 1 amide bonds. The summed E-state index contributed by atoms with van der Waals surface area (Å²) in [6, 6.07) is 2.07. The van der Waals surface area contributed by atoms with Crippen LogP contribution in [0.1, 0.15) is 28.9 Å². The molecule has 3 aromatic heterocycles. The van der Waals surface area contributed by atoms with E-state index in [-0.39, 0.29) is 22.6 Å². The van der Waals surface area contributed by atoms with Crippen molar-refractivity contribution in [1.82, 2.24) is 24.9 Å². The summed E-state index contributed by atoms with van der Waals surface area (Å²) in [5.74, 6) is -2.01. The molecule has 0 aromatic carbocycles. The highest BCUT2D eigenvalue weighted by atomic mass is 19.4. The van der Waals surface area contributed by atoms with E-state index in [1.807, 2.05) is 0 Å². The number of nitrogens with one attached hydrogen (secondary N) is 1. The molecule has 4 rings (SSSR count). The molecule has 1 fully saturated rings. The van der Waals surface area contributed by atoms with Gasteiger partial charge >= 0.3 is 6.18 Å². The lowest BCUT2D eigenvalue weighted by Crippen LogP contribution is -2.46. The van der Waals surface area contributed by atoms with Gasteiger partial charge in [-0.3, -0.25) is 9.78 Å². The summed E-state index contributed by atoms with van der Waals surface area (Å²) < 4.78 is 54.5. The third-order valence-corrected chi connectivity index (χ3v) is 4.61. The van der Waals surface area contributed by atoms with Gasteiger partial charge in [-0.15, -0.1) is 0 Å². The molecule has 3 aromatic rings. The van der Waals surface area contributed by atoms with Crippen LogP contribution < -0.4 is 5.32 Å². The van der Waals surface area contributed by atoms with Gasteiger partial charge in [-0.1, -0.05) is 0 Å². The van der Waals surface area contributed by atoms with Crippen molar-refractivity contribution in [3.05, 3.63) is 47.7 Å². The topological polar surface area (TPSA) is 72.2 Å². The summed E-state index contributed by atoms with van der Waals surface area (Å²) in [7, 11) is 0. The monoisotopic (exact) mass is 393 g/mol. The molecule has 1 aliphatic carbocycles. The van der Waals surface area contributed by atoms with E-state index in [0.29, 0.717) is 18.5 Å². The molecular formula is C18H15F4N5O. The zero-order chi connectivity index (χ0) is 20.1. The van der Waals surface area contributed by atoms with Gasteiger partial charge in [0.05, 0.1) is 17.6 Å². The number of halogens is 4. The highest BCUT2D eigenvalue weighted by Crippen LogP contribution is 2.40. The first-order valence-electron chi connectivity index (χ1n) is 8.59. The number of aromatic nitrogens is 4. The average Bonchev–Trinajstić information content (AvgIpc) is 3.36. The maximum absolute atomic E-state index is 13.5. The Hall–Kier alpha value is -3.04. The van der Waals surface area contributed by atoms with Crippen LogP contribution in [0.4, 0.5) is 17.6 Å². The van der Waals surface area contributed by atoms with Gasteiger partial charge in [0.1, 0.15) is 17.4 Å². The number of hydrogen-bond donors (Lipinski definition) is 1. The van der Waals surface area contributed by atoms with Crippen LogP contribution in [0.25, 0.3) is 17.0 Å². The van der Waals surface area contributed by atoms with Crippen LogP contribution in [0.2, 0.25) is 0 Å². The van der Waals surface area contributed by atoms with Gasteiger partial charge in [-0.25, -0.2) is 13.9 Å². The van der Waals surface area contributed by atoms with Crippen molar-refractivity contribution < 1.29 is 22.4 Å². The van der Waals surface area contributed by atoms with Crippen LogP contribution in [0.3, 0.4) is 0 Å². The number of carbonyl (C=O) groups excluding carboxylic acids is 1. The summed E-state index contributed by atoms with van der Waals surface area (Å²) >= 11 is 0. The maximum Gasteiger partial charge on any atom is 0.408 e. The van der Waals surface area contributed by atoms with E-state index in [0.717, 1.165) is 0 Å². The molecule has 0 radical (unpaired) electrons. The van der Waals surface area contributed by atoms with Gasteiger partial charge in [0.2, 0.25) is 0 Å². The lowest BCUT2D eigenvalue weighted by Gasteiger charge is -2.20. The summed E-state index contributed by atoms with van der Waals surface area (Å²) in [5.41, 5.74) is 1.09. The number of rotatable bonds is 4. The molecule has 1 saturated carbocycles. The number of carbonyl (C=O) groups is 1. The van der Waals surface area contributed by atoms with E-state index in [1.165, 1.54) is 29.0 Å². The number of nitrogens with zero attached hydrogens (tertiary/aromatic N) is 4. The Labute approximate surface area is 156 Å². The standard InChI is InChI=1S/C18H15F4N5O/c1-9-6-14(13-7-11(19)4-5-23-13)25-16-12(8-24-27(9)16)17(28)26-15(10-2-3-10)18(20,21)22/h4-8,10,15H,2-3H2,1H3,(H,26,28). The van der Waals surface area contributed by atoms with Gasteiger partial charge < -0.3 is 5.32 Å². The van der Waals surface area contributed by atoms with Gasteiger partial charge in [0.25, 0.3) is 5.91 Å². The number of alkyl halides is 3. The van der Waals surface area contributed by atoms with Gasteiger partial charge in [-0.2, -0.15) is 18.3 Å². The molecule has 0 bridgehead atoms. The Morgan fingerprint density at radius 3 is 2.68 bits per heavy atom. The molecule has 3 heterocycles. The minimum Gasteiger partial charge on any atom is -0.340 e. The first kappa shape index (κ1) is 18.3. The predicted molar refractivity (Wildman–Crippen MR) is 90.9 cm³/mol. The fourth-order valence-corrected chi connectivity index (χ4v) is 3.06. The summed E-state index contributed by atoms with van der Waals surface area (Å²) in [6.07, 6.45) is -1.23. The number of amides is 1. The molecule has 1 N–H and O–H groups in total. The molecule has 1 unspecified atom stereocenters. The third kappa shape index (κ3) is 3.41. The molecule has 0 spiro atoms. The molecule has 0 saturated heterocycles. The molecule has 0 aliphatic heterocycles. The van der Waals surface area contributed by atoms with Crippen molar-refractivity contribution in [2.45, 2.75) is 32.0 Å². The first-order valence-corrected chi connectivity index (χ1v) is 8.59. The van der Waals surface area contributed by atoms with E-state index in [4.69, 9.17) is 0 Å². The van der Waals surface area contributed by atoms with Crippen molar-refractivity contribution in [1.29, 1.82) is 0 Å². The van der Waals surface area contributed by atoms with Crippen LogP contribution in [0.5, 0.6) is 0 Å². The van der Waals surface area contributed by atoms with Crippen molar-refractivity contribution in [3.8, 4) is 11.4 Å². The minimum atomic E-state index is -4.53. The molecular weight excluding hydrogens is 378 g/mol. The second-order valence-electron chi connectivity index (χ2n) is 6.77. The average molecular weight is 393 g/mol. The minimum absolute atomic E-state index is 0.0790. The van der Waals surface area contributed by atoms with Crippen LogP contribution >= 0.6 is 0 Å². The number of aryl methyl sites for hydroxylation is 1. The summed E-state index contributed by atoms with van der Waals surface area (Å²) in [4.78, 5) is 20.9. The Kier molecular flexibility index (Phi) is 4.28. The van der Waals surface area contributed by atoms with Gasteiger partial charge in [0, 0.05) is 18.0 Å². The zero-order valence-electron chi connectivity index (χ0n) is 14.7. The highest BCUT2D eigenvalue weighted by Gasteiger charge is 2.49. The lowest BCUT2D eigenvalue weighted by molar-refractivity contribution is -0.158. The second-order valence-corrected chi connectivity index (χ2v) is 6.77. The quantitative estimate of drug-likeness (QED) is 0.691. The van der Waals surface area contributed by atoms with Crippen molar-refractivity contribution in [2.24, 2.45) is 5.92 Å². The molecule has 28 heavy (non-hydrogen) atoms. The molecule has 10 heteroatoms. The van der Waals surface area contributed by atoms with Crippen LogP contribution in [0.15, 0.2) is 30.6 Å². The second kappa shape index (κ2) is 6.54. The van der Waals surface area contributed by atoms with Crippen LogP contribution in [0, 0.1) is 18.7 Å². The Morgan fingerprint density at radius 2 is 2.04 bits per heavy atom. The number of hydrogen-bond acceptors (Lipinski definition) is 4. The Bertz CT molecular complexity index is 1060. The van der Waals surface area contributed by atoms with Crippen LogP contribution in [-0.2, 0) is 0 Å². The normalized spacial score (nSPS) is 15.6. The predicted octanol–water partition coefficient (Wildman–Crippen LogP) is 3.31. The first-order chi connectivity index (χ1) is 13.2. The SMILES string of the molecule is Cc1cc(-c2cc(F)ccn2)nc2c(C(=O)NC(C3CC3)C(F)(F)F)cnn12. The van der Waals surface area contributed by atoms with Gasteiger partial charge in [-0.05, 0) is 37.8 Å². The van der Waals surface area contributed by atoms with E-state index >= 15 is 0 Å². The highest BCUT2D eigenvalue weighted by molar-refractivity contribution is 6.00. The Morgan fingerprint density at radius 1 is 1.29 bits per heavy atom. The molecule has 1 aliphatic rings. The fourth-order valence-electron chi connectivity index (χ4n) is 3.06.